The predicted octanol–water partition coefficient (Wildman–Crippen LogP) is 2.81. The third-order valence-corrected chi connectivity index (χ3v) is 3.82. The summed E-state index contributed by atoms with van der Waals surface area (Å²) in [5.41, 5.74) is 1.96. The molecule has 0 fully saturated rings. The lowest BCUT2D eigenvalue weighted by molar-refractivity contribution is -0.139. The molecule has 0 aliphatic carbocycles. The molecule has 2 rings (SSSR count). The molecule has 0 aliphatic rings. The summed E-state index contributed by atoms with van der Waals surface area (Å²) >= 11 is 5.92. The van der Waals surface area contributed by atoms with Gasteiger partial charge in [0.2, 0.25) is 5.91 Å². The maximum Gasteiger partial charge on any atom is 0.325 e. The van der Waals surface area contributed by atoms with Gasteiger partial charge in [-0.25, -0.2) is 0 Å². The number of carbonyl (C=O) groups excluding carboxylic acids is 3. The molecule has 2 aromatic rings. The first-order valence-electron chi connectivity index (χ1n) is 7.97. The van der Waals surface area contributed by atoms with Gasteiger partial charge in [0.25, 0.3) is 5.91 Å². The molecule has 0 radical (unpaired) electrons. The highest BCUT2D eigenvalue weighted by Crippen LogP contribution is 2.14. The van der Waals surface area contributed by atoms with Gasteiger partial charge in [0.15, 0.2) is 0 Å². The van der Waals surface area contributed by atoms with Gasteiger partial charge in [-0.1, -0.05) is 23.7 Å². The molecule has 0 bridgehead atoms. The first-order chi connectivity index (χ1) is 12.5. The zero-order valence-corrected chi connectivity index (χ0v) is 15.0. The Bertz CT molecular complexity index is 790. The van der Waals surface area contributed by atoms with Crippen molar-refractivity contribution in [3.63, 3.8) is 0 Å². The second-order valence-corrected chi connectivity index (χ2v) is 5.95. The van der Waals surface area contributed by atoms with Gasteiger partial charge in [0, 0.05) is 22.7 Å². The number of hydrogen-bond acceptors (Lipinski definition) is 4. The number of halogens is 1. The van der Waals surface area contributed by atoms with Gasteiger partial charge in [-0.3, -0.25) is 14.4 Å². The number of hydrogen-bond donors (Lipinski definition) is 2. The summed E-state index contributed by atoms with van der Waals surface area (Å²) in [6.07, 6.45) is 0.905. The highest BCUT2D eigenvalue weighted by molar-refractivity contribution is 6.30. The van der Waals surface area contributed by atoms with E-state index >= 15 is 0 Å². The van der Waals surface area contributed by atoms with Crippen molar-refractivity contribution in [2.24, 2.45) is 0 Å². The number of rotatable bonds is 7. The molecule has 0 spiro atoms. The van der Waals surface area contributed by atoms with Gasteiger partial charge in [-0.2, -0.15) is 0 Å². The Morgan fingerprint density at radius 3 is 2.46 bits per heavy atom. The van der Waals surface area contributed by atoms with Crippen LogP contribution < -0.4 is 10.6 Å². The van der Waals surface area contributed by atoms with Gasteiger partial charge in [-0.15, -0.1) is 0 Å². The van der Waals surface area contributed by atoms with Crippen LogP contribution in [0.5, 0.6) is 0 Å². The summed E-state index contributed by atoms with van der Waals surface area (Å²) in [5, 5.41) is 5.86. The number of ether oxygens (including phenoxy) is 1. The minimum absolute atomic E-state index is 0.132. The molecule has 0 aromatic heterocycles. The second kappa shape index (κ2) is 9.58. The smallest absolute Gasteiger partial charge is 0.325 e. The standard InChI is InChI=1S/C19H19ClN2O4/c1-26-18(24)12-21-19(25)14-6-8-16(9-7-14)22-17(23)10-5-13-3-2-4-15(20)11-13/h2-4,6-9,11H,5,10,12H2,1H3,(H,21,25)(H,22,23). The first kappa shape index (κ1) is 19.5. The predicted molar refractivity (Wildman–Crippen MR) is 99.2 cm³/mol. The number of anilines is 1. The zero-order valence-electron chi connectivity index (χ0n) is 14.3. The van der Waals surface area contributed by atoms with Gasteiger partial charge >= 0.3 is 5.97 Å². The van der Waals surface area contributed by atoms with E-state index in [4.69, 9.17) is 11.6 Å². The lowest BCUT2D eigenvalue weighted by atomic mass is 10.1. The average molecular weight is 375 g/mol. The van der Waals surface area contributed by atoms with E-state index in [1.807, 2.05) is 18.2 Å². The molecule has 0 atom stereocenters. The SMILES string of the molecule is COC(=O)CNC(=O)c1ccc(NC(=O)CCc2cccc(Cl)c2)cc1. The number of esters is 1. The summed E-state index contributed by atoms with van der Waals surface area (Å²) in [4.78, 5) is 34.9. The number of benzene rings is 2. The second-order valence-electron chi connectivity index (χ2n) is 5.51. The number of aryl methyl sites for hydroxylation is 1. The Morgan fingerprint density at radius 2 is 1.81 bits per heavy atom. The molecular formula is C19H19ClN2O4. The van der Waals surface area contributed by atoms with Gasteiger partial charge < -0.3 is 15.4 Å². The van der Waals surface area contributed by atoms with Crippen molar-refractivity contribution in [2.45, 2.75) is 12.8 Å². The summed E-state index contributed by atoms with van der Waals surface area (Å²) < 4.78 is 4.45. The highest BCUT2D eigenvalue weighted by Gasteiger charge is 2.09. The quantitative estimate of drug-likeness (QED) is 0.730. The van der Waals surface area contributed by atoms with Crippen molar-refractivity contribution in [3.05, 3.63) is 64.7 Å². The summed E-state index contributed by atoms with van der Waals surface area (Å²) in [5.74, 6) is -1.05. The fourth-order valence-corrected chi connectivity index (χ4v) is 2.42. The Kier molecular flexibility index (Phi) is 7.17. The molecule has 2 N–H and O–H groups in total. The largest absolute Gasteiger partial charge is 0.468 e. The summed E-state index contributed by atoms with van der Waals surface area (Å²) in [6, 6.07) is 13.8. The summed E-state index contributed by atoms with van der Waals surface area (Å²) in [7, 11) is 1.25. The van der Waals surface area contributed by atoms with Crippen LogP contribution in [0.2, 0.25) is 5.02 Å². The Hall–Kier alpha value is -2.86. The van der Waals surface area contributed by atoms with Crippen LogP contribution in [-0.4, -0.2) is 31.4 Å². The van der Waals surface area contributed by atoms with Gasteiger partial charge in [0.05, 0.1) is 7.11 Å². The van der Waals surface area contributed by atoms with E-state index in [1.54, 1.807) is 30.3 Å². The van der Waals surface area contributed by atoms with Crippen molar-refractivity contribution in [2.75, 3.05) is 19.0 Å². The topological polar surface area (TPSA) is 84.5 Å². The van der Waals surface area contributed by atoms with Crippen molar-refractivity contribution in [1.82, 2.24) is 5.32 Å². The molecule has 2 aromatic carbocycles. The maximum absolute atomic E-state index is 12.0. The minimum atomic E-state index is -0.526. The molecule has 0 aliphatic heterocycles. The average Bonchev–Trinajstić information content (AvgIpc) is 2.65. The van der Waals surface area contributed by atoms with Crippen LogP contribution in [-0.2, 0) is 20.7 Å². The zero-order chi connectivity index (χ0) is 18.9. The van der Waals surface area contributed by atoms with Crippen molar-refractivity contribution in [3.8, 4) is 0 Å². The number of carbonyl (C=O) groups is 3. The number of methoxy groups -OCH3 is 1. The van der Waals surface area contributed by atoms with Crippen molar-refractivity contribution >= 4 is 35.1 Å². The van der Waals surface area contributed by atoms with Crippen LogP contribution >= 0.6 is 11.6 Å². The molecule has 2 amide bonds. The Labute approximate surface area is 156 Å². The first-order valence-corrected chi connectivity index (χ1v) is 8.35. The molecule has 136 valence electrons. The van der Waals surface area contributed by atoms with E-state index in [2.05, 4.69) is 15.4 Å². The Balaban J connectivity index is 1.83. The lowest BCUT2D eigenvalue weighted by Gasteiger charge is -2.07. The van der Waals surface area contributed by atoms with Crippen LogP contribution in [0.25, 0.3) is 0 Å². The minimum Gasteiger partial charge on any atom is -0.468 e. The molecule has 0 unspecified atom stereocenters. The molecule has 0 saturated heterocycles. The van der Waals surface area contributed by atoms with Crippen molar-refractivity contribution < 1.29 is 19.1 Å². The molecule has 0 heterocycles. The fraction of sp³-hybridized carbons (Fsp3) is 0.211. The van der Waals surface area contributed by atoms with Gasteiger partial charge in [0.1, 0.15) is 6.54 Å². The van der Waals surface area contributed by atoms with Crippen LogP contribution in [0, 0.1) is 0 Å². The van der Waals surface area contributed by atoms with Crippen LogP contribution in [0.4, 0.5) is 5.69 Å². The summed E-state index contributed by atoms with van der Waals surface area (Å²) in [6.45, 7) is -0.197. The fourth-order valence-electron chi connectivity index (χ4n) is 2.21. The highest BCUT2D eigenvalue weighted by atomic mass is 35.5. The molecular weight excluding hydrogens is 356 g/mol. The van der Waals surface area contributed by atoms with Crippen LogP contribution in [0.1, 0.15) is 22.3 Å². The molecule has 26 heavy (non-hydrogen) atoms. The monoisotopic (exact) mass is 374 g/mol. The van der Waals surface area contributed by atoms with Gasteiger partial charge in [-0.05, 0) is 48.4 Å². The van der Waals surface area contributed by atoms with E-state index < -0.39 is 11.9 Å². The Morgan fingerprint density at radius 1 is 1.08 bits per heavy atom. The lowest BCUT2D eigenvalue weighted by Crippen LogP contribution is -2.30. The van der Waals surface area contributed by atoms with E-state index in [-0.39, 0.29) is 12.5 Å². The van der Waals surface area contributed by atoms with E-state index in [0.717, 1.165) is 5.56 Å². The third kappa shape index (κ3) is 6.22. The normalized spacial score (nSPS) is 10.1. The molecule has 7 heteroatoms. The van der Waals surface area contributed by atoms with Crippen molar-refractivity contribution in [1.29, 1.82) is 0 Å². The maximum atomic E-state index is 12.0. The van der Waals surface area contributed by atoms with Crippen LogP contribution in [0.3, 0.4) is 0 Å². The molecule has 6 nitrogen and oxygen atoms in total. The third-order valence-electron chi connectivity index (χ3n) is 3.58. The van der Waals surface area contributed by atoms with E-state index in [1.165, 1.54) is 7.11 Å². The molecule has 0 saturated carbocycles. The number of nitrogens with one attached hydrogen (secondary N) is 2. The number of amides is 2. The van der Waals surface area contributed by atoms with Crippen LogP contribution in [0.15, 0.2) is 48.5 Å². The van der Waals surface area contributed by atoms with E-state index in [9.17, 15) is 14.4 Å². The van der Waals surface area contributed by atoms with E-state index in [0.29, 0.717) is 29.1 Å².